The van der Waals surface area contributed by atoms with Gasteiger partial charge in [0.25, 0.3) is 0 Å². The standard InChI is InChI=1S/C12H27P.C6H15P/c1-10(2,3)13(11(4,5)6)12(7,8)9;1-4-7(5-2)6-3/h1-9H3;4-6H2,1-3H3. The Morgan fingerprint density at radius 3 is 0.700 bits per heavy atom. The third-order valence-corrected chi connectivity index (χ3v) is 10.1. The van der Waals surface area contributed by atoms with Crippen LogP contribution in [0.4, 0.5) is 0 Å². The lowest BCUT2D eigenvalue weighted by molar-refractivity contribution is 0.644. The molecule has 0 unspecified atom stereocenters. The van der Waals surface area contributed by atoms with Crippen LogP contribution >= 0.6 is 15.8 Å². The molecular formula is C18H42P2. The molecule has 0 bridgehead atoms. The predicted octanol–water partition coefficient (Wildman–Crippen LogP) is 7.39. The second kappa shape index (κ2) is 9.10. The molecular weight excluding hydrogens is 278 g/mol. The van der Waals surface area contributed by atoms with Crippen LogP contribution in [0.25, 0.3) is 0 Å². The maximum absolute atomic E-state index is 2.38. The van der Waals surface area contributed by atoms with E-state index >= 15 is 0 Å². The lowest BCUT2D eigenvalue weighted by atomic mass is 10.2. The molecule has 0 amide bonds. The summed E-state index contributed by atoms with van der Waals surface area (Å²) in [5, 5.41) is 1.35. The Morgan fingerprint density at radius 1 is 0.500 bits per heavy atom. The van der Waals surface area contributed by atoms with Crippen molar-refractivity contribution in [3.05, 3.63) is 0 Å². The molecule has 0 aliphatic carbocycles. The minimum atomic E-state index is 0.0162. The molecule has 2 heteroatoms. The van der Waals surface area contributed by atoms with Gasteiger partial charge in [0.2, 0.25) is 0 Å². The highest BCUT2D eigenvalue weighted by atomic mass is 31.1. The van der Waals surface area contributed by atoms with Gasteiger partial charge in [-0.1, -0.05) is 91.0 Å². The van der Waals surface area contributed by atoms with E-state index in [0.29, 0.717) is 23.4 Å². The van der Waals surface area contributed by atoms with E-state index in [4.69, 9.17) is 0 Å². The Hall–Kier alpha value is 0.860. The van der Waals surface area contributed by atoms with Crippen LogP contribution in [0.2, 0.25) is 0 Å². The lowest BCUT2D eigenvalue weighted by Gasteiger charge is -2.49. The molecule has 20 heavy (non-hydrogen) atoms. The van der Waals surface area contributed by atoms with Gasteiger partial charge in [-0.05, 0) is 34.0 Å². The molecule has 0 aromatic rings. The molecule has 0 aliphatic rings. The van der Waals surface area contributed by atoms with E-state index in [1.54, 1.807) is 0 Å². The molecule has 0 nitrogen and oxygen atoms in total. The smallest absolute Gasteiger partial charge is 0.0170 e. The summed E-state index contributed by atoms with van der Waals surface area (Å²) in [6.45, 7) is 28.3. The first-order valence-electron chi connectivity index (χ1n) is 8.24. The first-order valence-corrected chi connectivity index (χ1v) is 11.5. The average molecular weight is 320 g/mol. The van der Waals surface area contributed by atoms with Gasteiger partial charge in [-0.3, -0.25) is 0 Å². The van der Waals surface area contributed by atoms with Crippen molar-refractivity contribution in [1.29, 1.82) is 0 Å². The van der Waals surface area contributed by atoms with Crippen molar-refractivity contribution < 1.29 is 0 Å². The molecule has 0 saturated carbocycles. The summed E-state index contributed by atoms with van der Waals surface area (Å²) in [6.07, 6.45) is 4.26. The molecule has 0 N–H and O–H groups in total. The summed E-state index contributed by atoms with van der Waals surface area (Å²) in [5.41, 5.74) is 0. The third-order valence-electron chi connectivity index (χ3n) is 3.35. The fourth-order valence-electron chi connectivity index (χ4n) is 3.69. The number of rotatable bonds is 3. The predicted molar refractivity (Wildman–Crippen MR) is 105 cm³/mol. The molecule has 0 saturated heterocycles. The molecule has 0 aliphatic heterocycles. The van der Waals surface area contributed by atoms with Gasteiger partial charge in [0.1, 0.15) is 0 Å². The fourth-order valence-corrected chi connectivity index (χ4v) is 11.1. The molecule has 0 aromatic carbocycles. The summed E-state index contributed by atoms with van der Waals surface area (Å²) in [7, 11) is 0.462. The SMILES string of the molecule is CC(C)(C)P(C(C)(C)C)C(C)(C)C.CCP(CC)CC. The van der Waals surface area contributed by atoms with Crippen molar-refractivity contribution in [3.8, 4) is 0 Å². The highest BCUT2D eigenvalue weighted by Gasteiger charge is 2.41. The molecule has 0 fully saturated rings. The van der Waals surface area contributed by atoms with Crippen molar-refractivity contribution >= 4 is 15.8 Å². The van der Waals surface area contributed by atoms with Gasteiger partial charge in [-0.15, -0.1) is 7.92 Å². The van der Waals surface area contributed by atoms with E-state index < -0.39 is 0 Å². The second-order valence-electron chi connectivity index (χ2n) is 8.47. The Labute approximate surface area is 133 Å². The van der Waals surface area contributed by atoms with Crippen LogP contribution in [0, 0.1) is 0 Å². The van der Waals surface area contributed by atoms with Crippen molar-refractivity contribution in [2.45, 2.75) is 98.6 Å². The van der Waals surface area contributed by atoms with E-state index in [9.17, 15) is 0 Å². The van der Waals surface area contributed by atoms with Crippen molar-refractivity contribution in [2.24, 2.45) is 0 Å². The van der Waals surface area contributed by atoms with Crippen LogP contribution in [0.1, 0.15) is 83.1 Å². The molecule has 124 valence electrons. The zero-order valence-corrected chi connectivity index (χ0v) is 18.3. The molecule has 0 spiro atoms. The van der Waals surface area contributed by atoms with E-state index in [1.165, 1.54) is 18.5 Å². The van der Waals surface area contributed by atoms with Crippen LogP contribution in [0.15, 0.2) is 0 Å². The lowest BCUT2D eigenvalue weighted by Crippen LogP contribution is -2.34. The van der Waals surface area contributed by atoms with E-state index in [2.05, 4.69) is 83.1 Å². The average Bonchev–Trinajstić information content (AvgIpc) is 2.13. The third kappa shape index (κ3) is 9.73. The van der Waals surface area contributed by atoms with Gasteiger partial charge >= 0.3 is 0 Å². The Balaban J connectivity index is 0. The molecule has 0 rings (SSSR count). The quantitative estimate of drug-likeness (QED) is 0.475. The van der Waals surface area contributed by atoms with E-state index in [1.807, 2.05) is 0 Å². The van der Waals surface area contributed by atoms with Gasteiger partial charge < -0.3 is 0 Å². The maximum Gasteiger partial charge on any atom is -0.0170 e. The minimum Gasteiger partial charge on any atom is -0.108 e. The summed E-state index contributed by atoms with van der Waals surface area (Å²) in [6, 6.07) is 0. The second-order valence-corrected chi connectivity index (χ2v) is 16.4. The zero-order valence-electron chi connectivity index (χ0n) is 16.5. The first kappa shape index (κ1) is 23.1. The molecule has 0 atom stereocenters. The first-order chi connectivity index (χ1) is 8.71. The highest BCUT2D eigenvalue weighted by molar-refractivity contribution is 7.62. The molecule has 0 aromatic heterocycles. The molecule has 0 heterocycles. The maximum atomic E-state index is 2.38. The topological polar surface area (TPSA) is 0 Å². The van der Waals surface area contributed by atoms with Gasteiger partial charge in [0.05, 0.1) is 0 Å². The minimum absolute atomic E-state index is 0.0162. The van der Waals surface area contributed by atoms with Gasteiger partial charge in [0.15, 0.2) is 0 Å². The van der Waals surface area contributed by atoms with Crippen LogP contribution in [0.5, 0.6) is 0 Å². The van der Waals surface area contributed by atoms with Gasteiger partial charge in [0, 0.05) is 0 Å². The number of hydrogen-bond donors (Lipinski definition) is 0. The van der Waals surface area contributed by atoms with Crippen LogP contribution in [0.3, 0.4) is 0 Å². The highest BCUT2D eigenvalue weighted by Crippen LogP contribution is 2.66. The normalized spacial score (nSPS) is 13.5. The zero-order chi connectivity index (χ0) is 16.8. The van der Waals surface area contributed by atoms with Crippen molar-refractivity contribution in [3.63, 3.8) is 0 Å². The summed E-state index contributed by atoms with van der Waals surface area (Å²) < 4.78 is 0. The van der Waals surface area contributed by atoms with E-state index in [-0.39, 0.29) is 7.92 Å². The Bertz CT molecular complexity index is 195. The van der Waals surface area contributed by atoms with Gasteiger partial charge in [-0.25, -0.2) is 0 Å². The summed E-state index contributed by atoms with van der Waals surface area (Å²) in [5.74, 6) is 0. The van der Waals surface area contributed by atoms with Crippen LogP contribution in [-0.4, -0.2) is 34.0 Å². The van der Waals surface area contributed by atoms with Crippen molar-refractivity contribution in [1.82, 2.24) is 0 Å². The summed E-state index contributed by atoms with van der Waals surface area (Å²) >= 11 is 0. The number of hydrogen-bond acceptors (Lipinski definition) is 0. The van der Waals surface area contributed by atoms with Crippen LogP contribution in [-0.2, 0) is 0 Å². The Kier molecular flexibility index (Phi) is 10.5. The monoisotopic (exact) mass is 320 g/mol. The Morgan fingerprint density at radius 2 is 0.700 bits per heavy atom. The van der Waals surface area contributed by atoms with Crippen molar-refractivity contribution in [2.75, 3.05) is 18.5 Å². The van der Waals surface area contributed by atoms with Crippen LogP contribution < -0.4 is 0 Å². The summed E-state index contributed by atoms with van der Waals surface area (Å²) in [4.78, 5) is 0. The van der Waals surface area contributed by atoms with Gasteiger partial charge in [-0.2, -0.15) is 0 Å². The van der Waals surface area contributed by atoms with E-state index in [0.717, 1.165) is 0 Å². The fraction of sp³-hybridized carbons (Fsp3) is 1.00. The molecule has 0 radical (unpaired) electrons. The largest absolute Gasteiger partial charge is 0.108 e.